The Bertz CT molecular complexity index is 64.0. The lowest BCUT2D eigenvalue weighted by Crippen LogP contribution is -2.40. The van der Waals surface area contributed by atoms with E-state index in [4.69, 9.17) is 5.11 Å². The molecule has 0 rings (SSSR count). The minimum absolute atomic E-state index is 0.400. The summed E-state index contributed by atoms with van der Waals surface area (Å²) in [6.45, 7) is -0.400. The Morgan fingerprint density at radius 3 is 2.57 bits per heavy atom. The summed E-state index contributed by atoms with van der Waals surface area (Å²) in [7, 11) is 0. The van der Waals surface area contributed by atoms with Gasteiger partial charge in [0.1, 0.15) is 6.73 Å². The van der Waals surface area contributed by atoms with Crippen molar-refractivity contribution >= 4 is 6.03 Å². The van der Waals surface area contributed by atoms with Crippen molar-refractivity contribution in [2.24, 2.45) is 5.84 Å². The third-order valence-corrected chi connectivity index (χ3v) is 0.371. The molecule has 0 bridgehead atoms. The minimum atomic E-state index is -0.595. The zero-order valence-corrected chi connectivity index (χ0v) is 3.64. The van der Waals surface area contributed by atoms with E-state index in [1.165, 1.54) is 0 Å². The molecule has 7 heavy (non-hydrogen) atoms. The number of carbonyl (C=O) groups is 1. The maximum atomic E-state index is 9.90. The maximum absolute atomic E-state index is 9.90. The number of aliphatic hydroxyl groups is 1. The number of urea groups is 1. The molecule has 0 saturated heterocycles. The fraction of sp³-hybridized carbons (Fsp3) is 0.500. The molecule has 0 aliphatic heterocycles. The van der Waals surface area contributed by atoms with Crippen molar-refractivity contribution in [3.8, 4) is 0 Å². The Morgan fingerprint density at radius 2 is 2.43 bits per heavy atom. The van der Waals surface area contributed by atoms with Crippen LogP contribution in [0.25, 0.3) is 0 Å². The van der Waals surface area contributed by atoms with Crippen LogP contribution in [0.4, 0.5) is 4.79 Å². The zero-order chi connectivity index (χ0) is 5.70. The molecule has 5 N–H and O–H groups in total. The van der Waals surface area contributed by atoms with Gasteiger partial charge in [-0.2, -0.15) is 0 Å². The Kier molecular flexibility index (Phi) is 2.99. The molecule has 0 aromatic rings. The number of carbonyl (C=O) groups excluding carboxylic acids is 1. The number of amides is 2. The van der Waals surface area contributed by atoms with Gasteiger partial charge >= 0.3 is 6.03 Å². The lowest BCUT2D eigenvalue weighted by molar-refractivity contribution is 0.218. The van der Waals surface area contributed by atoms with Gasteiger partial charge in [-0.1, -0.05) is 0 Å². The molecule has 0 atom stereocenters. The van der Waals surface area contributed by atoms with Crippen LogP contribution in [-0.2, 0) is 0 Å². The first-order valence-corrected chi connectivity index (χ1v) is 1.66. The number of hydrazine groups is 1. The van der Waals surface area contributed by atoms with E-state index >= 15 is 0 Å². The van der Waals surface area contributed by atoms with Crippen molar-refractivity contribution in [2.75, 3.05) is 6.73 Å². The van der Waals surface area contributed by atoms with Crippen LogP contribution in [0.5, 0.6) is 0 Å². The highest BCUT2D eigenvalue weighted by Gasteiger charge is 1.87. The van der Waals surface area contributed by atoms with Gasteiger partial charge in [-0.05, 0) is 0 Å². The largest absolute Gasteiger partial charge is 0.376 e. The highest BCUT2D eigenvalue weighted by molar-refractivity contribution is 5.72. The molecule has 2 amide bonds. The molecule has 0 fully saturated rings. The number of rotatable bonds is 1. The van der Waals surface area contributed by atoms with Crippen LogP contribution in [0.1, 0.15) is 0 Å². The first-order valence-electron chi connectivity index (χ1n) is 1.66. The van der Waals surface area contributed by atoms with Crippen LogP contribution in [0.15, 0.2) is 0 Å². The molecule has 0 aromatic carbocycles. The fourth-order valence-electron chi connectivity index (χ4n) is 0.123. The van der Waals surface area contributed by atoms with Crippen molar-refractivity contribution in [1.29, 1.82) is 0 Å². The summed E-state index contributed by atoms with van der Waals surface area (Å²) >= 11 is 0. The van der Waals surface area contributed by atoms with Gasteiger partial charge in [0.2, 0.25) is 0 Å². The van der Waals surface area contributed by atoms with Crippen molar-refractivity contribution < 1.29 is 9.90 Å². The van der Waals surface area contributed by atoms with Crippen LogP contribution in [-0.4, -0.2) is 17.9 Å². The Hall–Kier alpha value is -0.810. The number of hydrogen-bond donors (Lipinski definition) is 4. The lowest BCUT2D eigenvalue weighted by Gasteiger charge is -1.95. The summed E-state index contributed by atoms with van der Waals surface area (Å²) in [6, 6.07) is -0.595. The number of nitrogens with two attached hydrogens (primary N) is 1. The topological polar surface area (TPSA) is 87.4 Å². The molecule has 0 saturated carbocycles. The molecule has 0 aliphatic carbocycles. The zero-order valence-electron chi connectivity index (χ0n) is 3.64. The van der Waals surface area contributed by atoms with Gasteiger partial charge in [-0.15, -0.1) is 0 Å². The van der Waals surface area contributed by atoms with Crippen LogP contribution in [0.2, 0.25) is 0 Å². The van der Waals surface area contributed by atoms with Crippen molar-refractivity contribution in [2.45, 2.75) is 0 Å². The van der Waals surface area contributed by atoms with Gasteiger partial charge in [0, 0.05) is 0 Å². The molecule has 0 heterocycles. The van der Waals surface area contributed by atoms with E-state index in [9.17, 15) is 4.79 Å². The molecule has 0 aromatic heterocycles. The van der Waals surface area contributed by atoms with Crippen molar-refractivity contribution in [3.05, 3.63) is 0 Å². The van der Waals surface area contributed by atoms with Crippen LogP contribution in [0.3, 0.4) is 0 Å². The van der Waals surface area contributed by atoms with Gasteiger partial charge in [0.05, 0.1) is 0 Å². The number of hydrogen-bond acceptors (Lipinski definition) is 3. The first-order chi connectivity index (χ1) is 3.31. The third kappa shape index (κ3) is 3.01. The molecule has 0 aliphatic rings. The molecular formula is C2H7N3O2. The average Bonchev–Trinajstić information content (AvgIpc) is 1.68. The smallest absolute Gasteiger partial charge is 0.330 e. The summed E-state index contributed by atoms with van der Waals surface area (Å²) in [6.07, 6.45) is 0. The Morgan fingerprint density at radius 1 is 1.86 bits per heavy atom. The van der Waals surface area contributed by atoms with E-state index < -0.39 is 12.8 Å². The van der Waals surface area contributed by atoms with Crippen LogP contribution in [0, 0.1) is 0 Å². The molecule has 5 heteroatoms. The molecule has 0 spiro atoms. The number of nitrogens with one attached hydrogen (secondary N) is 2. The molecule has 0 unspecified atom stereocenters. The molecular weight excluding hydrogens is 98.0 g/mol. The quantitative estimate of drug-likeness (QED) is 0.136. The van der Waals surface area contributed by atoms with E-state index in [2.05, 4.69) is 5.84 Å². The highest BCUT2D eigenvalue weighted by Crippen LogP contribution is 1.51. The van der Waals surface area contributed by atoms with Crippen molar-refractivity contribution in [1.82, 2.24) is 10.7 Å². The Labute approximate surface area is 40.5 Å². The highest BCUT2D eigenvalue weighted by atomic mass is 16.3. The molecule has 5 nitrogen and oxygen atoms in total. The average molecular weight is 105 g/mol. The normalized spacial score (nSPS) is 7.71. The first kappa shape index (κ1) is 6.19. The fourth-order valence-corrected chi connectivity index (χ4v) is 0.123. The summed E-state index contributed by atoms with van der Waals surface area (Å²) in [4.78, 5) is 9.90. The third-order valence-electron chi connectivity index (χ3n) is 0.371. The van der Waals surface area contributed by atoms with Crippen molar-refractivity contribution in [3.63, 3.8) is 0 Å². The predicted molar refractivity (Wildman–Crippen MR) is 22.9 cm³/mol. The van der Waals surface area contributed by atoms with Crippen LogP contribution >= 0.6 is 0 Å². The van der Waals surface area contributed by atoms with Gasteiger partial charge in [-0.3, -0.25) is 5.43 Å². The second kappa shape index (κ2) is 3.38. The molecule has 0 radical (unpaired) electrons. The summed E-state index contributed by atoms with van der Waals surface area (Å²) in [5.41, 5.74) is 1.76. The second-order valence-corrected chi connectivity index (χ2v) is 0.808. The monoisotopic (exact) mass is 105 g/mol. The summed E-state index contributed by atoms with van der Waals surface area (Å²) in [5.74, 6) is 4.58. The number of aliphatic hydroxyl groups excluding tert-OH is 1. The van der Waals surface area contributed by atoms with Crippen LogP contribution < -0.4 is 16.6 Å². The lowest BCUT2D eigenvalue weighted by atomic mass is 11.0. The Balaban J connectivity index is 3.00. The van der Waals surface area contributed by atoms with E-state index in [1.807, 2.05) is 5.32 Å². The standard InChI is InChI=1S/C2H7N3O2/c3-5-2(7)4-1-6/h6H,1,3H2,(H2,4,5,7). The van der Waals surface area contributed by atoms with E-state index in [1.54, 1.807) is 5.43 Å². The second-order valence-electron chi connectivity index (χ2n) is 0.808. The van der Waals surface area contributed by atoms with Gasteiger partial charge in [0.25, 0.3) is 0 Å². The van der Waals surface area contributed by atoms with E-state index in [0.29, 0.717) is 0 Å². The summed E-state index contributed by atoms with van der Waals surface area (Å²) in [5, 5.41) is 9.92. The predicted octanol–water partition coefficient (Wildman–Crippen LogP) is -1.89. The van der Waals surface area contributed by atoms with Gasteiger partial charge in [0.15, 0.2) is 0 Å². The van der Waals surface area contributed by atoms with Gasteiger partial charge < -0.3 is 10.4 Å². The van der Waals surface area contributed by atoms with Gasteiger partial charge in [-0.25, -0.2) is 10.6 Å². The van der Waals surface area contributed by atoms with E-state index in [0.717, 1.165) is 0 Å². The SMILES string of the molecule is NNC(=O)NCO. The maximum Gasteiger partial charge on any atom is 0.330 e. The molecule has 42 valence electrons. The van der Waals surface area contributed by atoms with E-state index in [-0.39, 0.29) is 0 Å². The minimum Gasteiger partial charge on any atom is -0.376 e. The summed E-state index contributed by atoms with van der Waals surface area (Å²) < 4.78 is 0.